The molecule has 0 aliphatic rings. The van der Waals surface area contributed by atoms with Gasteiger partial charge in [-0.15, -0.1) is 12.4 Å². The van der Waals surface area contributed by atoms with Crippen LogP contribution in [0, 0.1) is 0 Å². The molecule has 1 aromatic heterocycles. The van der Waals surface area contributed by atoms with Crippen molar-refractivity contribution in [3.05, 3.63) is 47.8 Å². The van der Waals surface area contributed by atoms with Gasteiger partial charge in [-0.3, -0.25) is 0 Å². The van der Waals surface area contributed by atoms with Crippen LogP contribution >= 0.6 is 12.4 Å². The second-order valence-electron chi connectivity index (χ2n) is 6.41. The Labute approximate surface area is 167 Å². The minimum Gasteiger partial charge on any atom is -0.445 e. The van der Waals surface area contributed by atoms with Gasteiger partial charge in [0.05, 0.1) is 6.20 Å². The highest BCUT2D eigenvalue weighted by Gasteiger charge is 2.07. The Bertz CT molecular complexity index is 661. The number of carbonyl (C=O) groups excluding carboxylic acids is 1. The first-order valence-electron chi connectivity index (χ1n) is 9.45. The van der Waals surface area contributed by atoms with Crippen molar-refractivity contribution in [2.75, 3.05) is 12.3 Å². The van der Waals surface area contributed by atoms with Crippen LogP contribution in [0.2, 0.25) is 0 Å². The van der Waals surface area contributed by atoms with Crippen LogP contribution in [-0.2, 0) is 24.3 Å². The fourth-order valence-corrected chi connectivity index (χ4v) is 2.80. The van der Waals surface area contributed by atoms with Crippen LogP contribution in [0.25, 0.3) is 0 Å². The summed E-state index contributed by atoms with van der Waals surface area (Å²) in [5.41, 5.74) is 8.11. The maximum absolute atomic E-state index is 11.7. The fraction of sp³-hybridized carbons (Fsp3) is 0.500. The maximum Gasteiger partial charge on any atom is 0.407 e. The lowest BCUT2D eigenvalue weighted by Crippen LogP contribution is -2.25. The predicted molar refractivity (Wildman–Crippen MR) is 111 cm³/mol. The van der Waals surface area contributed by atoms with Crippen LogP contribution in [0.5, 0.6) is 0 Å². The summed E-state index contributed by atoms with van der Waals surface area (Å²) in [4.78, 5) is 15.9. The first-order valence-corrected chi connectivity index (χ1v) is 9.45. The van der Waals surface area contributed by atoms with Crippen LogP contribution in [-0.4, -0.2) is 22.2 Å². The van der Waals surface area contributed by atoms with E-state index in [4.69, 9.17) is 10.5 Å². The maximum atomic E-state index is 11.7. The van der Waals surface area contributed by atoms with Crippen molar-refractivity contribution in [3.8, 4) is 0 Å². The number of nitrogen functional groups attached to an aromatic ring is 1. The number of carbonyl (C=O) groups is 1. The first kappa shape index (κ1) is 22.8. The Morgan fingerprint density at radius 2 is 1.96 bits per heavy atom. The van der Waals surface area contributed by atoms with E-state index in [1.807, 2.05) is 36.5 Å². The van der Waals surface area contributed by atoms with Crippen molar-refractivity contribution >= 4 is 24.4 Å². The number of unbranched alkanes of at least 4 members (excludes halogenated alkanes) is 3. The number of hydrogen-bond donors (Lipinski definition) is 2. The van der Waals surface area contributed by atoms with Gasteiger partial charge in [-0.05, 0) is 31.2 Å². The molecule has 3 N–H and O–H groups in total. The molecular formula is C20H31ClN4O2. The van der Waals surface area contributed by atoms with E-state index >= 15 is 0 Å². The summed E-state index contributed by atoms with van der Waals surface area (Å²) in [6, 6.07) is 9.66. The molecule has 150 valence electrons. The summed E-state index contributed by atoms with van der Waals surface area (Å²) in [5.74, 6) is 0.596. The van der Waals surface area contributed by atoms with Gasteiger partial charge >= 0.3 is 6.09 Å². The van der Waals surface area contributed by atoms with Gasteiger partial charge in [0.2, 0.25) is 0 Å². The van der Waals surface area contributed by atoms with Gasteiger partial charge in [-0.25, -0.2) is 9.78 Å². The summed E-state index contributed by atoms with van der Waals surface area (Å²) in [7, 11) is 0. The van der Waals surface area contributed by atoms with Gasteiger partial charge in [-0.1, -0.05) is 50.1 Å². The lowest BCUT2D eigenvalue weighted by atomic mass is 10.2. The molecule has 1 aromatic carbocycles. The zero-order chi connectivity index (χ0) is 18.6. The number of hydrogen-bond acceptors (Lipinski definition) is 4. The van der Waals surface area contributed by atoms with Crippen molar-refractivity contribution in [2.24, 2.45) is 0 Å². The highest BCUT2D eigenvalue weighted by molar-refractivity contribution is 5.85. The number of aryl methyl sites for hydroxylation is 1. The lowest BCUT2D eigenvalue weighted by molar-refractivity contribution is 0.139. The summed E-state index contributed by atoms with van der Waals surface area (Å²) in [6.45, 7) is 4.02. The van der Waals surface area contributed by atoms with Gasteiger partial charge < -0.3 is 20.4 Å². The molecule has 6 nitrogen and oxygen atoms in total. The van der Waals surface area contributed by atoms with E-state index < -0.39 is 0 Å². The van der Waals surface area contributed by atoms with Gasteiger partial charge in [0.1, 0.15) is 6.61 Å². The second kappa shape index (κ2) is 13.0. The van der Waals surface area contributed by atoms with E-state index in [-0.39, 0.29) is 18.5 Å². The normalized spacial score (nSPS) is 10.3. The van der Waals surface area contributed by atoms with Crippen molar-refractivity contribution < 1.29 is 9.53 Å². The quantitative estimate of drug-likeness (QED) is 0.556. The van der Waals surface area contributed by atoms with Crippen molar-refractivity contribution in [1.82, 2.24) is 14.9 Å². The molecule has 1 amide bonds. The molecule has 1 heterocycles. The molecule has 0 saturated carbocycles. The number of nitrogens with one attached hydrogen (secondary N) is 1. The van der Waals surface area contributed by atoms with Crippen molar-refractivity contribution in [3.63, 3.8) is 0 Å². The third kappa shape index (κ3) is 8.35. The molecule has 0 unspecified atom stereocenters. The van der Waals surface area contributed by atoms with Gasteiger partial charge in [0.25, 0.3) is 0 Å². The summed E-state index contributed by atoms with van der Waals surface area (Å²) in [6.07, 6.45) is 7.78. The van der Waals surface area contributed by atoms with Gasteiger partial charge in [0.15, 0.2) is 5.95 Å². The number of anilines is 1. The highest BCUT2D eigenvalue weighted by atomic mass is 35.5. The average molecular weight is 395 g/mol. The van der Waals surface area contributed by atoms with E-state index in [0.717, 1.165) is 37.8 Å². The number of aromatic nitrogens is 2. The molecule has 7 heteroatoms. The molecule has 0 radical (unpaired) electrons. The summed E-state index contributed by atoms with van der Waals surface area (Å²) >= 11 is 0. The third-order valence-electron chi connectivity index (χ3n) is 4.30. The summed E-state index contributed by atoms with van der Waals surface area (Å²) in [5, 5.41) is 2.79. The van der Waals surface area contributed by atoms with E-state index in [1.54, 1.807) is 0 Å². The molecule has 0 saturated heterocycles. The van der Waals surface area contributed by atoms with Gasteiger partial charge in [0, 0.05) is 18.8 Å². The fourth-order valence-electron chi connectivity index (χ4n) is 2.80. The first-order chi connectivity index (χ1) is 12.7. The standard InChI is InChI=1S/C20H30N4O2.ClH/c1-2-3-9-14-24-18(15-23-19(24)21)12-7-8-13-22-20(25)26-16-17-10-5-4-6-11-17;/h4-6,10-11,15H,2-3,7-9,12-14,16H2,1H3,(H2,21,23)(H,22,25);1H. The number of rotatable bonds is 11. The van der Waals surface area contributed by atoms with E-state index in [2.05, 4.69) is 21.8 Å². The van der Waals surface area contributed by atoms with Crippen molar-refractivity contribution in [2.45, 2.75) is 58.6 Å². The largest absolute Gasteiger partial charge is 0.445 e. The minimum absolute atomic E-state index is 0. The Kier molecular flexibility index (Phi) is 11.0. The molecule has 2 rings (SSSR count). The number of benzene rings is 1. The monoisotopic (exact) mass is 394 g/mol. The molecular weight excluding hydrogens is 364 g/mol. The summed E-state index contributed by atoms with van der Waals surface area (Å²) < 4.78 is 7.30. The number of halogens is 1. The lowest BCUT2D eigenvalue weighted by Gasteiger charge is -2.10. The van der Waals surface area contributed by atoms with Crippen LogP contribution in [0.3, 0.4) is 0 Å². The Hall–Kier alpha value is -2.21. The van der Waals surface area contributed by atoms with E-state index in [9.17, 15) is 4.79 Å². The van der Waals surface area contributed by atoms with E-state index in [0.29, 0.717) is 19.1 Å². The van der Waals surface area contributed by atoms with Crippen molar-refractivity contribution in [1.29, 1.82) is 0 Å². The highest BCUT2D eigenvalue weighted by Crippen LogP contribution is 2.12. The molecule has 0 fully saturated rings. The average Bonchev–Trinajstić information content (AvgIpc) is 3.01. The molecule has 0 spiro atoms. The molecule has 0 bridgehead atoms. The molecule has 2 aromatic rings. The van der Waals surface area contributed by atoms with Crippen LogP contribution in [0.15, 0.2) is 36.5 Å². The zero-order valence-corrected chi connectivity index (χ0v) is 16.8. The molecule has 0 aliphatic carbocycles. The minimum atomic E-state index is -0.372. The molecule has 0 aliphatic heterocycles. The van der Waals surface area contributed by atoms with Crippen LogP contribution < -0.4 is 11.1 Å². The topological polar surface area (TPSA) is 82.2 Å². The molecule has 27 heavy (non-hydrogen) atoms. The third-order valence-corrected chi connectivity index (χ3v) is 4.30. The van der Waals surface area contributed by atoms with Gasteiger partial charge in [-0.2, -0.15) is 0 Å². The number of nitrogens with two attached hydrogens (primary N) is 1. The Balaban J connectivity index is 0.00000364. The number of ether oxygens (including phenoxy) is 1. The number of amides is 1. The number of imidazole rings is 1. The molecule has 0 atom stereocenters. The Morgan fingerprint density at radius 1 is 1.19 bits per heavy atom. The Morgan fingerprint density at radius 3 is 2.70 bits per heavy atom. The second-order valence-corrected chi connectivity index (χ2v) is 6.41. The number of alkyl carbamates (subject to hydrolysis) is 1. The zero-order valence-electron chi connectivity index (χ0n) is 16.0. The predicted octanol–water partition coefficient (Wildman–Crippen LogP) is 4.33. The van der Waals surface area contributed by atoms with Crippen LogP contribution in [0.1, 0.15) is 50.3 Å². The van der Waals surface area contributed by atoms with Crippen LogP contribution in [0.4, 0.5) is 10.7 Å². The van der Waals surface area contributed by atoms with E-state index in [1.165, 1.54) is 18.5 Å². The number of nitrogens with zero attached hydrogens (tertiary/aromatic N) is 2. The SMILES string of the molecule is CCCCCn1c(CCCCNC(=O)OCc2ccccc2)cnc1N.Cl. The smallest absolute Gasteiger partial charge is 0.407 e.